The van der Waals surface area contributed by atoms with Crippen LogP contribution in [0.5, 0.6) is 0 Å². The summed E-state index contributed by atoms with van der Waals surface area (Å²) in [4.78, 5) is 12.5. The number of ether oxygens (including phenoxy) is 3. The van der Waals surface area contributed by atoms with E-state index >= 15 is 0 Å². The van der Waals surface area contributed by atoms with Crippen molar-refractivity contribution in [2.75, 3.05) is 20.0 Å². The van der Waals surface area contributed by atoms with E-state index in [9.17, 15) is 4.79 Å². The van der Waals surface area contributed by atoms with Gasteiger partial charge >= 0.3 is 5.97 Å². The van der Waals surface area contributed by atoms with Gasteiger partial charge < -0.3 is 14.2 Å². The SMILES string of the molecule is C/C=C/[C@@](C)(SCCC(OC)OC)C(=O)OCc1ccccc1. The minimum Gasteiger partial charge on any atom is -0.460 e. The van der Waals surface area contributed by atoms with Crippen molar-refractivity contribution in [1.29, 1.82) is 0 Å². The van der Waals surface area contributed by atoms with Gasteiger partial charge in [-0.05, 0) is 25.2 Å². The Kier molecular flexibility index (Phi) is 8.99. The van der Waals surface area contributed by atoms with Crippen molar-refractivity contribution >= 4 is 17.7 Å². The van der Waals surface area contributed by atoms with Gasteiger partial charge in [-0.1, -0.05) is 42.5 Å². The van der Waals surface area contributed by atoms with Crippen LogP contribution in [0.2, 0.25) is 0 Å². The third kappa shape index (κ3) is 6.77. The number of carbonyl (C=O) groups excluding carboxylic acids is 1. The molecule has 5 heteroatoms. The van der Waals surface area contributed by atoms with Crippen LogP contribution in [0.3, 0.4) is 0 Å². The highest BCUT2D eigenvalue weighted by molar-refractivity contribution is 8.01. The Hall–Kier alpha value is -1.30. The van der Waals surface area contributed by atoms with Crippen LogP contribution in [0.25, 0.3) is 0 Å². The monoisotopic (exact) mass is 338 g/mol. The second-order valence-electron chi connectivity index (χ2n) is 5.21. The molecule has 0 aliphatic rings. The summed E-state index contributed by atoms with van der Waals surface area (Å²) in [6.07, 6.45) is 4.20. The molecule has 0 radical (unpaired) electrons. The molecule has 1 aromatic carbocycles. The number of carbonyl (C=O) groups is 1. The molecule has 0 unspecified atom stereocenters. The lowest BCUT2D eigenvalue weighted by Crippen LogP contribution is -2.32. The average molecular weight is 338 g/mol. The third-order valence-electron chi connectivity index (χ3n) is 3.38. The number of benzene rings is 1. The molecule has 0 aliphatic carbocycles. The summed E-state index contributed by atoms with van der Waals surface area (Å²) in [6.45, 7) is 4.06. The Morgan fingerprint density at radius 3 is 2.48 bits per heavy atom. The lowest BCUT2D eigenvalue weighted by molar-refractivity contribution is -0.146. The van der Waals surface area contributed by atoms with Crippen LogP contribution in [-0.4, -0.2) is 37.0 Å². The van der Waals surface area contributed by atoms with Gasteiger partial charge in [-0.25, -0.2) is 0 Å². The minimum absolute atomic E-state index is 0.240. The topological polar surface area (TPSA) is 44.8 Å². The van der Waals surface area contributed by atoms with Crippen molar-refractivity contribution in [3.05, 3.63) is 48.0 Å². The van der Waals surface area contributed by atoms with E-state index in [-0.39, 0.29) is 18.9 Å². The molecular formula is C18H26O4S. The van der Waals surface area contributed by atoms with Crippen molar-refractivity contribution in [1.82, 2.24) is 0 Å². The average Bonchev–Trinajstić information content (AvgIpc) is 2.57. The lowest BCUT2D eigenvalue weighted by Gasteiger charge is -2.24. The number of allylic oxidation sites excluding steroid dienone is 1. The van der Waals surface area contributed by atoms with E-state index in [0.29, 0.717) is 6.42 Å². The van der Waals surface area contributed by atoms with Gasteiger partial charge in [0.05, 0.1) is 0 Å². The number of hydrogen-bond donors (Lipinski definition) is 0. The fraction of sp³-hybridized carbons (Fsp3) is 0.500. The van der Waals surface area contributed by atoms with Crippen molar-refractivity contribution < 1.29 is 19.0 Å². The van der Waals surface area contributed by atoms with Gasteiger partial charge in [0, 0.05) is 20.6 Å². The van der Waals surface area contributed by atoms with Gasteiger partial charge in [0.1, 0.15) is 11.4 Å². The van der Waals surface area contributed by atoms with Crippen LogP contribution in [0, 0.1) is 0 Å². The van der Waals surface area contributed by atoms with Crippen LogP contribution in [0.1, 0.15) is 25.8 Å². The Balaban J connectivity index is 2.58. The predicted molar refractivity (Wildman–Crippen MR) is 94.3 cm³/mol. The number of hydrogen-bond acceptors (Lipinski definition) is 5. The number of thioether (sulfide) groups is 1. The highest BCUT2D eigenvalue weighted by atomic mass is 32.2. The molecule has 0 bridgehead atoms. The number of methoxy groups -OCH3 is 2. The van der Waals surface area contributed by atoms with Gasteiger partial charge in [-0.2, -0.15) is 0 Å². The summed E-state index contributed by atoms with van der Waals surface area (Å²) in [7, 11) is 3.22. The Bertz CT molecular complexity index is 485. The molecule has 23 heavy (non-hydrogen) atoms. The van der Waals surface area contributed by atoms with E-state index in [1.54, 1.807) is 14.2 Å². The van der Waals surface area contributed by atoms with Gasteiger partial charge in [-0.3, -0.25) is 4.79 Å². The van der Waals surface area contributed by atoms with Crippen LogP contribution in [0.15, 0.2) is 42.5 Å². The molecule has 1 rings (SSSR count). The summed E-state index contributed by atoms with van der Waals surface area (Å²) in [5.74, 6) is 0.490. The van der Waals surface area contributed by atoms with Crippen LogP contribution in [0.4, 0.5) is 0 Å². The normalized spacial score (nSPS) is 14.1. The Morgan fingerprint density at radius 1 is 1.26 bits per heavy atom. The zero-order valence-corrected chi connectivity index (χ0v) is 15.1. The van der Waals surface area contributed by atoms with E-state index in [1.165, 1.54) is 11.8 Å². The van der Waals surface area contributed by atoms with Crippen molar-refractivity contribution in [3.8, 4) is 0 Å². The molecule has 0 amide bonds. The molecule has 0 heterocycles. The van der Waals surface area contributed by atoms with E-state index in [4.69, 9.17) is 14.2 Å². The summed E-state index contributed by atoms with van der Waals surface area (Å²) in [6, 6.07) is 9.68. The molecule has 0 saturated carbocycles. The molecule has 4 nitrogen and oxygen atoms in total. The smallest absolute Gasteiger partial charge is 0.326 e. The summed E-state index contributed by atoms with van der Waals surface area (Å²) in [5, 5.41) is 0. The van der Waals surface area contributed by atoms with Gasteiger partial charge in [0.2, 0.25) is 0 Å². The fourth-order valence-electron chi connectivity index (χ4n) is 2.06. The predicted octanol–water partition coefficient (Wildman–Crippen LogP) is 3.81. The Morgan fingerprint density at radius 2 is 1.91 bits per heavy atom. The fourth-order valence-corrected chi connectivity index (χ4v) is 3.20. The first-order chi connectivity index (χ1) is 11.1. The van der Waals surface area contributed by atoms with Gasteiger partial charge in [0.15, 0.2) is 6.29 Å². The van der Waals surface area contributed by atoms with Crippen LogP contribution >= 0.6 is 11.8 Å². The molecule has 0 saturated heterocycles. The molecular weight excluding hydrogens is 312 g/mol. The maximum atomic E-state index is 12.5. The molecule has 0 aromatic heterocycles. The van der Waals surface area contributed by atoms with Crippen LogP contribution in [-0.2, 0) is 25.6 Å². The van der Waals surface area contributed by atoms with Crippen molar-refractivity contribution in [2.45, 2.75) is 37.9 Å². The number of esters is 1. The van der Waals surface area contributed by atoms with Crippen molar-refractivity contribution in [2.24, 2.45) is 0 Å². The van der Waals surface area contributed by atoms with Crippen molar-refractivity contribution in [3.63, 3.8) is 0 Å². The molecule has 0 fully saturated rings. The summed E-state index contributed by atoms with van der Waals surface area (Å²) in [5.41, 5.74) is 0.979. The minimum atomic E-state index is -0.713. The quantitative estimate of drug-likeness (QED) is 0.369. The largest absolute Gasteiger partial charge is 0.460 e. The number of rotatable bonds is 10. The highest BCUT2D eigenvalue weighted by Gasteiger charge is 2.32. The molecule has 1 aromatic rings. The standard InChI is InChI=1S/C18H26O4S/c1-5-12-18(2,23-13-11-16(20-3)21-4)17(19)22-14-15-9-7-6-8-10-15/h5-10,12,16H,11,13-14H2,1-4H3/b12-5+/t18-/m1/s1. The maximum absolute atomic E-state index is 12.5. The van der Waals surface area contributed by atoms with E-state index in [2.05, 4.69) is 0 Å². The highest BCUT2D eigenvalue weighted by Crippen LogP contribution is 2.30. The summed E-state index contributed by atoms with van der Waals surface area (Å²) < 4.78 is 15.1. The maximum Gasteiger partial charge on any atom is 0.326 e. The second-order valence-corrected chi connectivity index (χ2v) is 6.75. The molecule has 1 atom stereocenters. The first-order valence-corrected chi connectivity index (χ1v) is 8.59. The first-order valence-electron chi connectivity index (χ1n) is 7.60. The van der Waals surface area contributed by atoms with E-state index in [1.807, 2.05) is 56.3 Å². The summed E-state index contributed by atoms with van der Waals surface area (Å²) >= 11 is 1.53. The van der Waals surface area contributed by atoms with E-state index < -0.39 is 4.75 Å². The zero-order valence-electron chi connectivity index (χ0n) is 14.3. The van der Waals surface area contributed by atoms with E-state index in [0.717, 1.165) is 11.3 Å². The molecule has 0 aliphatic heterocycles. The molecule has 0 N–H and O–H groups in total. The first kappa shape index (κ1) is 19.7. The van der Waals surface area contributed by atoms with Gasteiger partial charge in [0.25, 0.3) is 0 Å². The zero-order chi connectivity index (χ0) is 17.1. The molecule has 0 spiro atoms. The Labute approximate surface area is 143 Å². The second kappa shape index (κ2) is 10.5. The molecule has 128 valence electrons. The third-order valence-corrected chi connectivity index (χ3v) is 4.73. The lowest BCUT2D eigenvalue weighted by atomic mass is 10.1. The van der Waals surface area contributed by atoms with Gasteiger partial charge in [-0.15, -0.1) is 11.8 Å². The van der Waals surface area contributed by atoms with Crippen LogP contribution < -0.4 is 0 Å².